The van der Waals surface area contributed by atoms with E-state index in [-0.39, 0.29) is 22.0 Å². The van der Waals surface area contributed by atoms with Crippen LogP contribution in [0.25, 0.3) is 22.6 Å². The van der Waals surface area contributed by atoms with E-state index in [0.717, 1.165) is 42.0 Å². The lowest BCUT2D eigenvalue weighted by molar-refractivity contribution is 0.0716. The van der Waals surface area contributed by atoms with E-state index in [1.165, 1.54) is 4.07 Å². The van der Waals surface area contributed by atoms with Gasteiger partial charge in [-0.05, 0) is 67.2 Å². The molecule has 1 aliphatic heterocycles. The molecule has 2 aromatic heterocycles. The minimum atomic E-state index is -0.649. The number of nitrogens with zero attached hydrogens (tertiary/aromatic N) is 7. The van der Waals surface area contributed by atoms with Crippen LogP contribution in [0.5, 0.6) is 0 Å². The molecule has 1 aliphatic rings. The Bertz CT molecular complexity index is 1820. The summed E-state index contributed by atoms with van der Waals surface area (Å²) in [6.45, 7) is 1.22. The van der Waals surface area contributed by atoms with Crippen molar-refractivity contribution in [3.05, 3.63) is 107 Å². The molecule has 1 saturated heterocycles. The van der Waals surface area contributed by atoms with Gasteiger partial charge in [0, 0.05) is 24.2 Å². The lowest BCUT2D eigenvalue weighted by Crippen LogP contribution is -2.38. The van der Waals surface area contributed by atoms with Crippen LogP contribution in [0.3, 0.4) is 0 Å². The predicted molar refractivity (Wildman–Crippen MR) is 156 cm³/mol. The first kappa shape index (κ1) is 27.0. The summed E-state index contributed by atoms with van der Waals surface area (Å²) in [5, 5.41) is 13.1. The van der Waals surface area contributed by atoms with E-state index in [1.807, 2.05) is 60.7 Å². The average molecular weight is 579 g/mol. The van der Waals surface area contributed by atoms with E-state index < -0.39 is 11.8 Å². The zero-order valence-electron chi connectivity index (χ0n) is 22.5. The Hall–Kier alpha value is -5.23. The average Bonchev–Trinajstić information content (AvgIpc) is 3.67. The largest absolute Gasteiger partial charge is 0.366 e. The molecule has 0 radical (unpaired) electrons. The molecule has 12 heteroatoms. The minimum Gasteiger partial charge on any atom is -0.366 e. The molecule has 210 valence electrons. The molecule has 42 heavy (non-hydrogen) atoms. The standard InChI is InChI=1S/C30H26N8O3S/c31-27(39)21-14-16-23(17-15-21)38-34-25(30(41)36-18-8-3-9-19-36)29(42-38)32-28(40)24-26(20-10-4-1-5-11-20)37(35-33-24)22-12-6-2-7-13-22/h1-2,4-7,10-17H,3,8-9,18-19H2,(H2,31,39). The van der Waals surface area contributed by atoms with Gasteiger partial charge in [0.15, 0.2) is 16.1 Å². The maximum absolute atomic E-state index is 13.8. The van der Waals surface area contributed by atoms with E-state index in [2.05, 4.69) is 20.4 Å². The number of benzene rings is 3. The lowest BCUT2D eigenvalue weighted by atomic mass is 10.1. The molecule has 0 spiro atoms. The van der Waals surface area contributed by atoms with Crippen LogP contribution in [0.15, 0.2) is 89.9 Å². The van der Waals surface area contributed by atoms with Crippen LogP contribution < -0.4 is 10.4 Å². The maximum Gasteiger partial charge on any atom is 0.301 e. The van der Waals surface area contributed by atoms with Crippen molar-refractivity contribution in [1.29, 1.82) is 0 Å². The number of primary amides is 1. The third-order valence-corrected chi connectivity index (χ3v) is 7.83. The van der Waals surface area contributed by atoms with Gasteiger partial charge in [-0.3, -0.25) is 14.4 Å². The van der Waals surface area contributed by atoms with Crippen molar-refractivity contribution in [3.63, 3.8) is 0 Å². The number of carbonyl (C=O) groups excluding carboxylic acids is 3. The Morgan fingerprint density at radius 2 is 1.45 bits per heavy atom. The van der Waals surface area contributed by atoms with Crippen LogP contribution in [-0.2, 0) is 0 Å². The van der Waals surface area contributed by atoms with Crippen LogP contribution in [0.1, 0.15) is 50.6 Å². The highest BCUT2D eigenvalue weighted by atomic mass is 32.1. The van der Waals surface area contributed by atoms with Crippen molar-refractivity contribution in [2.75, 3.05) is 13.1 Å². The maximum atomic E-state index is 13.8. The fourth-order valence-electron chi connectivity index (χ4n) is 4.77. The SMILES string of the molecule is NC(=O)c1ccc(-n2nc(C(=O)N3CCCCC3)c(=NC(=O)c3nnn(-c4ccccc4)c3-c3ccccc3)s2)cc1. The molecule has 5 aromatic rings. The molecular weight excluding hydrogens is 552 g/mol. The second-order valence-electron chi connectivity index (χ2n) is 9.70. The molecule has 3 amide bonds. The van der Waals surface area contributed by atoms with Crippen molar-refractivity contribution in [3.8, 4) is 22.6 Å². The number of para-hydroxylation sites is 1. The normalized spacial score (nSPS) is 13.7. The van der Waals surface area contributed by atoms with Crippen molar-refractivity contribution in [2.45, 2.75) is 19.3 Å². The molecule has 2 N–H and O–H groups in total. The fraction of sp³-hybridized carbons (Fsp3) is 0.167. The Morgan fingerprint density at radius 1 is 0.786 bits per heavy atom. The van der Waals surface area contributed by atoms with Gasteiger partial charge in [-0.15, -0.1) is 10.2 Å². The monoisotopic (exact) mass is 578 g/mol. The molecule has 3 aromatic carbocycles. The topological polar surface area (TPSA) is 141 Å². The van der Waals surface area contributed by atoms with Gasteiger partial charge in [-0.25, -0.2) is 4.68 Å². The van der Waals surface area contributed by atoms with Crippen LogP contribution in [0, 0.1) is 0 Å². The number of aromatic nitrogens is 5. The molecular formula is C30H26N8O3S. The number of likely N-dealkylation sites (tertiary alicyclic amines) is 1. The van der Waals surface area contributed by atoms with Gasteiger partial charge in [0.05, 0.1) is 11.4 Å². The number of hydrogen-bond donors (Lipinski definition) is 1. The van der Waals surface area contributed by atoms with Crippen molar-refractivity contribution in [1.82, 2.24) is 29.1 Å². The number of nitrogens with two attached hydrogens (primary N) is 1. The number of amides is 3. The van der Waals surface area contributed by atoms with Gasteiger partial charge in [0.1, 0.15) is 5.69 Å². The van der Waals surface area contributed by atoms with Crippen LogP contribution in [0.2, 0.25) is 0 Å². The zero-order valence-corrected chi connectivity index (χ0v) is 23.3. The molecule has 0 saturated carbocycles. The van der Waals surface area contributed by atoms with Crippen LogP contribution in [0.4, 0.5) is 0 Å². The molecule has 0 aliphatic carbocycles. The number of hydrogen-bond acceptors (Lipinski definition) is 7. The Kier molecular flexibility index (Phi) is 7.52. The highest BCUT2D eigenvalue weighted by Gasteiger charge is 2.26. The minimum absolute atomic E-state index is 0.0483. The summed E-state index contributed by atoms with van der Waals surface area (Å²) in [5.74, 6) is -1.49. The van der Waals surface area contributed by atoms with Gasteiger partial charge < -0.3 is 10.6 Å². The van der Waals surface area contributed by atoms with Gasteiger partial charge in [-0.1, -0.05) is 53.7 Å². The summed E-state index contributed by atoms with van der Waals surface area (Å²) in [7, 11) is 0. The third-order valence-electron chi connectivity index (χ3n) is 6.91. The van der Waals surface area contributed by atoms with Crippen molar-refractivity contribution < 1.29 is 14.4 Å². The van der Waals surface area contributed by atoms with Crippen LogP contribution >= 0.6 is 11.5 Å². The van der Waals surface area contributed by atoms with Gasteiger partial charge in [-0.2, -0.15) is 9.06 Å². The summed E-state index contributed by atoms with van der Waals surface area (Å²) < 4.78 is 3.26. The van der Waals surface area contributed by atoms with Crippen molar-refractivity contribution >= 4 is 29.3 Å². The van der Waals surface area contributed by atoms with Crippen molar-refractivity contribution in [2.24, 2.45) is 10.7 Å². The quantitative estimate of drug-likeness (QED) is 0.326. The van der Waals surface area contributed by atoms with E-state index in [0.29, 0.717) is 30.0 Å². The first-order chi connectivity index (χ1) is 20.5. The number of rotatable bonds is 6. The van der Waals surface area contributed by atoms with Gasteiger partial charge in [0.25, 0.3) is 5.91 Å². The van der Waals surface area contributed by atoms with E-state index in [1.54, 1.807) is 33.8 Å². The second-order valence-corrected chi connectivity index (χ2v) is 10.6. The van der Waals surface area contributed by atoms with E-state index >= 15 is 0 Å². The number of carbonyl (C=O) groups is 3. The van der Waals surface area contributed by atoms with Gasteiger partial charge in [0.2, 0.25) is 5.91 Å². The third kappa shape index (κ3) is 5.39. The van der Waals surface area contributed by atoms with Gasteiger partial charge >= 0.3 is 5.91 Å². The first-order valence-electron chi connectivity index (χ1n) is 13.5. The highest BCUT2D eigenvalue weighted by molar-refractivity contribution is 7.04. The molecule has 1 fully saturated rings. The van der Waals surface area contributed by atoms with E-state index in [9.17, 15) is 14.4 Å². The Morgan fingerprint density at radius 3 is 2.12 bits per heavy atom. The lowest BCUT2D eigenvalue weighted by Gasteiger charge is -2.25. The Labute approximate surface area is 244 Å². The summed E-state index contributed by atoms with van der Waals surface area (Å²) in [6, 6.07) is 25.3. The molecule has 11 nitrogen and oxygen atoms in total. The summed E-state index contributed by atoms with van der Waals surface area (Å²) >= 11 is 1.05. The molecule has 0 unspecified atom stereocenters. The zero-order chi connectivity index (χ0) is 29.1. The highest BCUT2D eigenvalue weighted by Crippen LogP contribution is 2.26. The molecule has 3 heterocycles. The second kappa shape index (κ2) is 11.7. The smallest absolute Gasteiger partial charge is 0.301 e. The molecule has 6 rings (SSSR count). The molecule has 0 bridgehead atoms. The fourth-order valence-corrected chi connectivity index (χ4v) is 5.62. The summed E-state index contributed by atoms with van der Waals surface area (Å²) in [6.07, 6.45) is 2.86. The summed E-state index contributed by atoms with van der Waals surface area (Å²) in [4.78, 5) is 45.0. The Balaban J connectivity index is 1.46. The van der Waals surface area contributed by atoms with E-state index in [4.69, 9.17) is 5.73 Å². The predicted octanol–water partition coefficient (Wildman–Crippen LogP) is 3.65. The first-order valence-corrected chi connectivity index (χ1v) is 14.2. The summed E-state index contributed by atoms with van der Waals surface area (Å²) in [5.41, 5.74) is 8.40. The van der Waals surface area contributed by atoms with Crippen LogP contribution in [-0.4, -0.2) is 59.9 Å². The molecule has 0 atom stereocenters. The number of piperidine rings is 1.